The molecule has 0 radical (unpaired) electrons. The minimum Gasteiger partial charge on any atom is -0.400 e. The largest absolute Gasteiger partial charge is 0.400 e. The van der Waals surface area contributed by atoms with E-state index < -0.39 is 6.10 Å². The van der Waals surface area contributed by atoms with Crippen LogP contribution < -0.4 is 5.32 Å². The molecule has 0 aromatic carbocycles. The molecule has 0 aromatic rings. The quantitative estimate of drug-likeness (QED) is 0.442. The lowest BCUT2D eigenvalue weighted by atomic mass is 10.1. The second kappa shape index (κ2) is 13.4. The van der Waals surface area contributed by atoms with Crippen molar-refractivity contribution in [3.8, 4) is 0 Å². The molecule has 5 nitrogen and oxygen atoms in total. The summed E-state index contributed by atoms with van der Waals surface area (Å²) in [6.45, 7) is 2.29. The molecule has 5 heteroatoms. The topological polar surface area (TPSA) is 89.8 Å². The van der Waals surface area contributed by atoms with Gasteiger partial charge in [-0.25, -0.2) is 0 Å². The number of aliphatic hydroxyl groups is 3. The van der Waals surface area contributed by atoms with E-state index >= 15 is 0 Å². The van der Waals surface area contributed by atoms with Crippen molar-refractivity contribution in [3.63, 3.8) is 0 Å². The van der Waals surface area contributed by atoms with Crippen LogP contribution >= 0.6 is 0 Å². The van der Waals surface area contributed by atoms with Gasteiger partial charge in [-0.15, -0.1) is 0 Å². The summed E-state index contributed by atoms with van der Waals surface area (Å²) >= 11 is 0. The van der Waals surface area contributed by atoms with E-state index in [0.717, 1.165) is 20.0 Å². The summed E-state index contributed by atoms with van der Waals surface area (Å²) in [6.07, 6.45) is 2.17. The summed E-state index contributed by atoms with van der Waals surface area (Å²) in [5.74, 6) is 0.0581. The molecule has 0 saturated carbocycles. The van der Waals surface area contributed by atoms with E-state index in [2.05, 4.69) is 5.32 Å². The van der Waals surface area contributed by atoms with Crippen LogP contribution in [0, 0.1) is 0 Å². The molecule has 0 aliphatic carbocycles. The fourth-order valence-electron chi connectivity index (χ4n) is 0.949. The number of unbranched alkanes of at least 4 members (excludes halogenated alkanes) is 1. The first kappa shape index (κ1) is 16.8. The van der Waals surface area contributed by atoms with E-state index in [1.807, 2.05) is 6.92 Å². The summed E-state index contributed by atoms with van der Waals surface area (Å²) in [4.78, 5) is 10.8. The Kier molecular flexibility index (Phi) is 14.9. The monoisotopic (exact) mass is 221 g/mol. The zero-order chi connectivity index (χ0) is 12.1. The van der Waals surface area contributed by atoms with Gasteiger partial charge in [0.1, 0.15) is 0 Å². The molecular formula is C10H23NO4. The van der Waals surface area contributed by atoms with Gasteiger partial charge in [-0.05, 0) is 19.3 Å². The van der Waals surface area contributed by atoms with E-state index in [9.17, 15) is 4.79 Å². The third kappa shape index (κ3) is 13.3. The predicted octanol–water partition coefficient (Wildman–Crippen LogP) is -0.355. The molecule has 0 aromatic heterocycles. The van der Waals surface area contributed by atoms with Gasteiger partial charge >= 0.3 is 0 Å². The normalized spacial score (nSPS) is 11.3. The first-order chi connectivity index (χ1) is 7.20. The minimum atomic E-state index is -0.609. The van der Waals surface area contributed by atoms with Crippen molar-refractivity contribution in [1.82, 2.24) is 5.32 Å². The Bertz CT molecular complexity index is 141. The average Bonchev–Trinajstić information content (AvgIpc) is 2.30. The van der Waals surface area contributed by atoms with Gasteiger partial charge in [0.25, 0.3) is 0 Å². The zero-order valence-corrected chi connectivity index (χ0v) is 9.57. The smallest absolute Gasteiger partial charge is 0.219 e. The van der Waals surface area contributed by atoms with Gasteiger partial charge in [0.05, 0.1) is 12.7 Å². The lowest BCUT2D eigenvalue weighted by Gasteiger charge is -2.06. The standard InChI is InChI=1S/C9H19NO3.CH4O/c1-2-9(13)10-6-4-3-5-8(12)7-11;1-2/h8,11-12H,2-7H2,1H3,(H,10,13);2H,1H3/t8-;/m0./s1. The highest BCUT2D eigenvalue weighted by Crippen LogP contribution is 1.98. The molecule has 0 bridgehead atoms. The Balaban J connectivity index is 0. The number of carbonyl (C=O) groups excluding carboxylic acids is 1. The molecule has 0 spiro atoms. The first-order valence-electron chi connectivity index (χ1n) is 5.21. The van der Waals surface area contributed by atoms with Crippen LogP contribution in [0.3, 0.4) is 0 Å². The van der Waals surface area contributed by atoms with Crippen molar-refractivity contribution >= 4 is 5.91 Å². The Morgan fingerprint density at radius 3 is 2.40 bits per heavy atom. The van der Waals surface area contributed by atoms with Crippen LogP contribution in [-0.2, 0) is 4.79 Å². The van der Waals surface area contributed by atoms with Gasteiger partial charge in [0.15, 0.2) is 0 Å². The van der Waals surface area contributed by atoms with Crippen LogP contribution in [0.1, 0.15) is 32.6 Å². The summed E-state index contributed by atoms with van der Waals surface area (Å²) in [5.41, 5.74) is 0. The molecule has 0 fully saturated rings. The van der Waals surface area contributed by atoms with E-state index in [1.165, 1.54) is 0 Å². The predicted molar refractivity (Wildman–Crippen MR) is 58.4 cm³/mol. The zero-order valence-electron chi connectivity index (χ0n) is 9.57. The van der Waals surface area contributed by atoms with E-state index in [0.29, 0.717) is 19.4 Å². The van der Waals surface area contributed by atoms with Crippen molar-refractivity contribution in [2.45, 2.75) is 38.7 Å². The number of rotatable bonds is 7. The minimum absolute atomic E-state index is 0.0581. The fraction of sp³-hybridized carbons (Fsp3) is 0.900. The SMILES string of the molecule is CCC(=O)NCCCC[C@H](O)CO.CO. The summed E-state index contributed by atoms with van der Waals surface area (Å²) < 4.78 is 0. The molecule has 4 N–H and O–H groups in total. The van der Waals surface area contributed by atoms with E-state index in [4.69, 9.17) is 15.3 Å². The molecule has 0 aliphatic rings. The van der Waals surface area contributed by atoms with Gasteiger partial charge in [-0.1, -0.05) is 6.92 Å². The van der Waals surface area contributed by atoms with Crippen molar-refractivity contribution in [3.05, 3.63) is 0 Å². The molecule has 0 heterocycles. The maximum atomic E-state index is 10.8. The lowest BCUT2D eigenvalue weighted by molar-refractivity contribution is -0.120. The number of hydrogen-bond donors (Lipinski definition) is 4. The average molecular weight is 221 g/mol. The van der Waals surface area contributed by atoms with Gasteiger partial charge in [-0.3, -0.25) is 4.79 Å². The maximum absolute atomic E-state index is 10.8. The number of carbonyl (C=O) groups is 1. The second-order valence-corrected chi connectivity index (χ2v) is 3.04. The maximum Gasteiger partial charge on any atom is 0.219 e. The molecule has 15 heavy (non-hydrogen) atoms. The Hall–Kier alpha value is -0.650. The van der Waals surface area contributed by atoms with Crippen LogP contribution in [0.15, 0.2) is 0 Å². The number of amides is 1. The van der Waals surface area contributed by atoms with Crippen LogP contribution in [0.25, 0.3) is 0 Å². The van der Waals surface area contributed by atoms with Gasteiger partial charge in [0.2, 0.25) is 5.91 Å². The highest BCUT2D eigenvalue weighted by molar-refractivity contribution is 5.75. The Morgan fingerprint density at radius 2 is 1.93 bits per heavy atom. The molecule has 1 atom stereocenters. The lowest BCUT2D eigenvalue weighted by Crippen LogP contribution is -2.23. The highest BCUT2D eigenvalue weighted by Gasteiger charge is 2.01. The van der Waals surface area contributed by atoms with Crippen LogP contribution in [0.5, 0.6) is 0 Å². The van der Waals surface area contributed by atoms with Gasteiger partial charge < -0.3 is 20.6 Å². The fourth-order valence-corrected chi connectivity index (χ4v) is 0.949. The van der Waals surface area contributed by atoms with Crippen molar-refractivity contribution in [1.29, 1.82) is 0 Å². The van der Waals surface area contributed by atoms with Crippen LogP contribution in [0.2, 0.25) is 0 Å². The highest BCUT2D eigenvalue weighted by atomic mass is 16.3. The summed E-state index contributed by atoms with van der Waals surface area (Å²) in [7, 11) is 1.00. The third-order valence-electron chi connectivity index (χ3n) is 1.82. The molecule has 0 aliphatic heterocycles. The third-order valence-corrected chi connectivity index (χ3v) is 1.82. The van der Waals surface area contributed by atoms with Crippen molar-refractivity contribution < 1.29 is 20.1 Å². The Morgan fingerprint density at radius 1 is 1.33 bits per heavy atom. The first-order valence-corrected chi connectivity index (χ1v) is 5.21. The molecule has 92 valence electrons. The van der Waals surface area contributed by atoms with E-state index in [1.54, 1.807) is 0 Å². The molecule has 0 unspecified atom stereocenters. The summed E-state index contributed by atoms with van der Waals surface area (Å²) in [6, 6.07) is 0. The number of aliphatic hydroxyl groups excluding tert-OH is 3. The molecule has 0 rings (SSSR count). The van der Waals surface area contributed by atoms with Crippen molar-refractivity contribution in [2.75, 3.05) is 20.3 Å². The van der Waals surface area contributed by atoms with Crippen LogP contribution in [-0.4, -0.2) is 47.6 Å². The van der Waals surface area contributed by atoms with Gasteiger partial charge in [-0.2, -0.15) is 0 Å². The summed E-state index contributed by atoms with van der Waals surface area (Å²) in [5, 5.41) is 27.2. The molecule has 0 saturated heterocycles. The molecular weight excluding hydrogens is 198 g/mol. The van der Waals surface area contributed by atoms with Crippen molar-refractivity contribution in [2.24, 2.45) is 0 Å². The second-order valence-electron chi connectivity index (χ2n) is 3.04. The number of nitrogens with one attached hydrogen (secondary N) is 1. The van der Waals surface area contributed by atoms with Gasteiger partial charge in [0, 0.05) is 20.1 Å². The van der Waals surface area contributed by atoms with Crippen LogP contribution in [0.4, 0.5) is 0 Å². The Labute approximate surface area is 91.1 Å². The molecule has 1 amide bonds. The number of hydrogen-bond acceptors (Lipinski definition) is 4. The van der Waals surface area contributed by atoms with E-state index in [-0.39, 0.29) is 12.5 Å².